The summed E-state index contributed by atoms with van der Waals surface area (Å²) in [6.45, 7) is -0.145. The van der Waals surface area contributed by atoms with Crippen LogP contribution in [0.5, 0.6) is 0 Å². The quantitative estimate of drug-likeness (QED) is 0.478. The molecule has 0 unspecified atom stereocenters. The molecule has 3 heterocycles. The van der Waals surface area contributed by atoms with Gasteiger partial charge in [0.25, 0.3) is 0 Å². The zero-order chi connectivity index (χ0) is 24.4. The number of fused-ring (bicyclic) bond motifs is 1. The van der Waals surface area contributed by atoms with Gasteiger partial charge in [-0.15, -0.1) is 0 Å². The molecule has 1 saturated heterocycles. The number of carbonyl (C=O) groups excluding carboxylic acids is 1. The number of hydrogen-bond donors (Lipinski definition) is 2. The Balaban J connectivity index is 1.39. The fraction of sp³-hybridized carbons (Fsp3) is 0.500. The molecule has 1 aromatic carbocycles. The van der Waals surface area contributed by atoms with Crippen molar-refractivity contribution in [1.29, 1.82) is 0 Å². The van der Waals surface area contributed by atoms with E-state index in [4.69, 9.17) is 24.7 Å². The topological polar surface area (TPSA) is 144 Å². The summed E-state index contributed by atoms with van der Waals surface area (Å²) in [6, 6.07) is 8.66. The van der Waals surface area contributed by atoms with Crippen LogP contribution in [0.3, 0.4) is 0 Å². The standard InChI is InChI=1S/C24H29N5O6/c1-32-15-9-5-6-10-16(15)34-20-19(30)17(11-33-24(31)14-7-3-2-4-8-14)35-23(20)29-13-28-18-21(25)26-12-27-22(18)29/h2-4,7-8,12-13,15-17,19-20,23,30H,5-6,9-11H2,1H3,(H2,25,26,27)/t15-,16-,17-,19-,20-,23-/m1/s1. The first-order chi connectivity index (χ1) is 17.1. The summed E-state index contributed by atoms with van der Waals surface area (Å²) < 4.78 is 25.4. The summed E-state index contributed by atoms with van der Waals surface area (Å²) in [5.74, 6) is -0.257. The number of ether oxygens (including phenoxy) is 4. The molecule has 186 valence electrons. The van der Waals surface area contributed by atoms with Gasteiger partial charge in [-0.25, -0.2) is 19.7 Å². The number of hydrogen-bond acceptors (Lipinski definition) is 10. The summed E-state index contributed by atoms with van der Waals surface area (Å²) in [5, 5.41) is 11.2. The van der Waals surface area contributed by atoms with Gasteiger partial charge in [0, 0.05) is 7.11 Å². The van der Waals surface area contributed by atoms with Gasteiger partial charge in [0.05, 0.1) is 24.1 Å². The van der Waals surface area contributed by atoms with E-state index in [0.29, 0.717) is 16.7 Å². The van der Waals surface area contributed by atoms with Crippen LogP contribution in [0.2, 0.25) is 0 Å². The largest absolute Gasteiger partial charge is 0.459 e. The minimum absolute atomic E-state index is 0.0796. The fourth-order valence-electron chi connectivity index (χ4n) is 4.79. The van der Waals surface area contributed by atoms with Crippen molar-refractivity contribution in [2.75, 3.05) is 19.5 Å². The number of nitrogen functional groups attached to an aromatic ring is 1. The van der Waals surface area contributed by atoms with Crippen molar-refractivity contribution in [1.82, 2.24) is 19.5 Å². The number of carbonyl (C=O) groups is 1. The van der Waals surface area contributed by atoms with Gasteiger partial charge >= 0.3 is 5.97 Å². The third-order valence-corrected chi connectivity index (χ3v) is 6.64. The van der Waals surface area contributed by atoms with Crippen molar-refractivity contribution >= 4 is 23.0 Å². The summed E-state index contributed by atoms with van der Waals surface area (Å²) >= 11 is 0. The zero-order valence-electron chi connectivity index (χ0n) is 19.4. The second kappa shape index (κ2) is 10.2. The molecule has 2 aromatic heterocycles. The van der Waals surface area contributed by atoms with Crippen LogP contribution in [0.1, 0.15) is 42.3 Å². The normalized spacial score (nSPS) is 28.9. The molecule has 3 N–H and O–H groups in total. The predicted octanol–water partition coefficient (Wildman–Crippen LogP) is 1.87. The maximum atomic E-state index is 12.5. The summed E-state index contributed by atoms with van der Waals surface area (Å²) in [4.78, 5) is 25.1. The fourth-order valence-corrected chi connectivity index (χ4v) is 4.79. The number of esters is 1. The average Bonchev–Trinajstić information content (AvgIpc) is 3.45. The van der Waals surface area contributed by atoms with Gasteiger partial charge in [0.2, 0.25) is 0 Å². The van der Waals surface area contributed by atoms with E-state index in [1.807, 2.05) is 6.07 Å². The van der Waals surface area contributed by atoms with Crippen LogP contribution in [-0.2, 0) is 18.9 Å². The molecule has 0 amide bonds. The highest BCUT2D eigenvalue weighted by atomic mass is 16.6. The third-order valence-electron chi connectivity index (χ3n) is 6.64. The molecule has 11 nitrogen and oxygen atoms in total. The van der Waals surface area contributed by atoms with E-state index in [0.717, 1.165) is 25.7 Å². The molecule has 11 heteroatoms. The number of aliphatic hydroxyl groups is 1. The van der Waals surface area contributed by atoms with E-state index < -0.39 is 30.5 Å². The predicted molar refractivity (Wildman–Crippen MR) is 124 cm³/mol. The Labute approximate surface area is 202 Å². The summed E-state index contributed by atoms with van der Waals surface area (Å²) in [7, 11) is 1.67. The van der Waals surface area contributed by atoms with E-state index in [-0.39, 0.29) is 24.6 Å². The molecule has 1 aliphatic carbocycles. The van der Waals surface area contributed by atoms with Gasteiger partial charge in [-0.1, -0.05) is 31.0 Å². The first-order valence-electron chi connectivity index (χ1n) is 11.7. The summed E-state index contributed by atoms with van der Waals surface area (Å²) in [5.41, 5.74) is 7.26. The maximum absolute atomic E-state index is 12.5. The minimum atomic E-state index is -1.07. The molecular weight excluding hydrogens is 454 g/mol. The van der Waals surface area contributed by atoms with Crippen LogP contribution < -0.4 is 5.73 Å². The molecule has 1 aliphatic heterocycles. The van der Waals surface area contributed by atoms with Gasteiger partial charge < -0.3 is 29.8 Å². The van der Waals surface area contributed by atoms with Gasteiger partial charge in [-0.3, -0.25) is 4.57 Å². The number of anilines is 1. The number of aliphatic hydroxyl groups excluding tert-OH is 1. The van der Waals surface area contributed by atoms with Crippen molar-refractivity contribution in [3.05, 3.63) is 48.5 Å². The zero-order valence-corrected chi connectivity index (χ0v) is 19.4. The monoisotopic (exact) mass is 483 g/mol. The average molecular weight is 484 g/mol. The van der Waals surface area contributed by atoms with Crippen molar-refractivity contribution in [3.8, 4) is 0 Å². The Morgan fingerprint density at radius 3 is 2.71 bits per heavy atom. The maximum Gasteiger partial charge on any atom is 0.338 e. The number of benzene rings is 1. The van der Waals surface area contributed by atoms with Crippen LogP contribution in [0.4, 0.5) is 5.82 Å². The smallest absolute Gasteiger partial charge is 0.338 e. The molecule has 0 spiro atoms. The minimum Gasteiger partial charge on any atom is -0.459 e. The van der Waals surface area contributed by atoms with Crippen LogP contribution >= 0.6 is 0 Å². The van der Waals surface area contributed by atoms with Crippen molar-refractivity contribution in [3.63, 3.8) is 0 Å². The molecule has 1 saturated carbocycles. The Kier molecular flexibility index (Phi) is 6.91. The van der Waals surface area contributed by atoms with Crippen LogP contribution in [-0.4, -0.2) is 74.8 Å². The third kappa shape index (κ3) is 4.72. The van der Waals surface area contributed by atoms with E-state index in [2.05, 4.69) is 15.0 Å². The highest BCUT2D eigenvalue weighted by Gasteiger charge is 2.48. The van der Waals surface area contributed by atoms with Gasteiger partial charge in [-0.05, 0) is 25.0 Å². The van der Waals surface area contributed by atoms with E-state index >= 15 is 0 Å². The van der Waals surface area contributed by atoms with Crippen molar-refractivity contribution in [2.45, 2.75) is 62.4 Å². The van der Waals surface area contributed by atoms with Crippen LogP contribution in [0, 0.1) is 0 Å². The van der Waals surface area contributed by atoms with Crippen molar-refractivity contribution in [2.24, 2.45) is 0 Å². The molecule has 2 fully saturated rings. The SMILES string of the molecule is CO[C@@H]1CCCC[C@H]1O[C@@H]1[C@H](O)[C@@H](COC(=O)c2ccccc2)O[C@H]1n1cnc2c(N)ncnc21. The Bertz CT molecular complexity index is 1160. The second-order valence-electron chi connectivity index (χ2n) is 8.80. The number of imidazole rings is 1. The first-order valence-corrected chi connectivity index (χ1v) is 11.7. The second-order valence-corrected chi connectivity index (χ2v) is 8.80. The number of rotatable bonds is 7. The van der Waals surface area contributed by atoms with Crippen molar-refractivity contribution < 1.29 is 28.8 Å². The molecule has 0 bridgehead atoms. The lowest BCUT2D eigenvalue weighted by atomic mass is 9.94. The van der Waals surface area contributed by atoms with Crippen LogP contribution in [0.25, 0.3) is 11.2 Å². The Morgan fingerprint density at radius 1 is 1.17 bits per heavy atom. The molecule has 5 rings (SSSR count). The van der Waals surface area contributed by atoms with E-state index in [9.17, 15) is 9.90 Å². The lowest BCUT2D eigenvalue weighted by Gasteiger charge is -2.34. The number of nitrogens with two attached hydrogens (primary N) is 1. The highest BCUT2D eigenvalue weighted by Crippen LogP contribution is 2.37. The van der Waals surface area contributed by atoms with Crippen LogP contribution in [0.15, 0.2) is 43.0 Å². The highest BCUT2D eigenvalue weighted by molar-refractivity contribution is 5.89. The number of aromatic nitrogens is 4. The summed E-state index contributed by atoms with van der Waals surface area (Å²) in [6.07, 6.45) is 2.92. The molecule has 2 aliphatic rings. The Morgan fingerprint density at radius 2 is 1.94 bits per heavy atom. The van der Waals surface area contributed by atoms with E-state index in [1.165, 1.54) is 12.7 Å². The number of methoxy groups -OCH3 is 1. The molecule has 6 atom stereocenters. The molecule has 3 aromatic rings. The molecular formula is C24H29N5O6. The van der Waals surface area contributed by atoms with Gasteiger partial charge in [0.1, 0.15) is 36.8 Å². The molecule has 0 radical (unpaired) electrons. The van der Waals surface area contributed by atoms with E-state index in [1.54, 1.807) is 35.9 Å². The Hall–Kier alpha value is -3.12. The van der Waals surface area contributed by atoms with Gasteiger partial charge in [0.15, 0.2) is 17.7 Å². The molecule has 35 heavy (non-hydrogen) atoms. The lowest BCUT2D eigenvalue weighted by Crippen LogP contribution is -2.43. The first kappa shape index (κ1) is 23.6. The van der Waals surface area contributed by atoms with Gasteiger partial charge in [-0.2, -0.15) is 0 Å². The lowest BCUT2D eigenvalue weighted by molar-refractivity contribution is -0.149. The number of nitrogens with zero attached hydrogens (tertiary/aromatic N) is 4.